The lowest BCUT2D eigenvalue weighted by molar-refractivity contribution is 0.0997. The van der Waals surface area contributed by atoms with Crippen LogP contribution in [0.15, 0.2) is 0 Å². The highest BCUT2D eigenvalue weighted by molar-refractivity contribution is 8.01. The Balaban J connectivity index is 2.41. The maximum absolute atomic E-state index is 5.48. The van der Waals surface area contributed by atoms with E-state index in [0.717, 1.165) is 6.61 Å². The minimum Gasteiger partial charge on any atom is -0.368 e. The van der Waals surface area contributed by atoms with Crippen molar-refractivity contribution in [2.45, 2.75) is 50.2 Å². The lowest BCUT2D eigenvalue weighted by Crippen LogP contribution is -2.31. The van der Waals surface area contributed by atoms with Crippen LogP contribution in [0.5, 0.6) is 0 Å². The third-order valence-electron chi connectivity index (χ3n) is 2.21. The van der Waals surface area contributed by atoms with Crippen LogP contribution >= 0.6 is 11.8 Å². The first-order valence-electron chi connectivity index (χ1n) is 4.46. The van der Waals surface area contributed by atoms with Crippen molar-refractivity contribution in [3.05, 3.63) is 0 Å². The quantitative estimate of drug-likeness (QED) is 0.636. The molecule has 0 bridgehead atoms. The zero-order chi connectivity index (χ0) is 8.32. The fourth-order valence-corrected chi connectivity index (χ4v) is 3.14. The third kappa shape index (κ3) is 2.68. The SMILES string of the molecule is CCCC1(C)CCOC(C)S1. The molecule has 0 amide bonds. The van der Waals surface area contributed by atoms with Gasteiger partial charge in [0, 0.05) is 11.4 Å². The van der Waals surface area contributed by atoms with Gasteiger partial charge in [-0.05, 0) is 19.8 Å². The molecule has 1 aliphatic heterocycles. The standard InChI is InChI=1S/C9H18OS/c1-4-5-9(3)6-7-10-8(2)11-9/h8H,4-7H2,1-3H3. The monoisotopic (exact) mass is 174 g/mol. The molecule has 11 heavy (non-hydrogen) atoms. The van der Waals surface area contributed by atoms with Gasteiger partial charge in [-0.1, -0.05) is 20.3 Å². The minimum absolute atomic E-state index is 0.403. The molecular weight excluding hydrogens is 156 g/mol. The Morgan fingerprint density at radius 2 is 2.36 bits per heavy atom. The lowest BCUT2D eigenvalue weighted by atomic mass is 10.0. The average Bonchev–Trinajstić information content (AvgIpc) is 1.86. The van der Waals surface area contributed by atoms with Gasteiger partial charge in [-0.15, -0.1) is 11.8 Å². The molecular formula is C9H18OS. The number of hydrogen-bond donors (Lipinski definition) is 0. The molecule has 1 heterocycles. The van der Waals surface area contributed by atoms with E-state index < -0.39 is 0 Å². The topological polar surface area (TPSA) is 9.23 Å². The zero-order valence-corrected chi connectivity index (χ0v) is 8.54. The molecule has 1 aliphatic rings. The van der Waals surface area contributed by atoms with Crippen molar-refractivity contribution in [3.63, 3.8) is 0 Å². The summed E-state index contributed by atoms with van der Waals surface area (Å²) in [5.41, 5.74) is 0.403. The first-order chi connectivity index (χ1) is 5.16. The molecule has 66 valence electrons. The van der Waals surface area contributed by atoms with E-state index in [2.05, 4.69) is 20.8 Å². The number of ether oxygens (including phenoxy) is 1. The summed E-state index contributed by atoms with van der Waals surface area (Å²) in [4.78, 5) is 0. The minimum atomic E-state index is 0.403. The van der Waals surface area contributed by atoms with Gasteiger partial charge in [0.2, 0.25) is 0 Å². The molecule has 0 spiro atoms. The van der Waals surface area contributed by atoms with Crippen molar-refractivity contribution < 1.29 is 4.74 Å². The molecule has 0 saturated carbocycles. The van der Waals surface area contributed by atoms with Gasteiger partial charge in [-0.3, -0.25) is 0 Å². The van der Waals surface area contributed by atoms with E-state index in [1.165, 1.54) is 19.3 Å². The summed E-state index contributed by atoms with van der Waals surface area (Å²) in [6.07, 6.45) is 3.83. The molecule has 0 N–H and O–H groups in total. The summed E-state index contributed by atoms with van der Waals surface area (Å²) in [7, 11) is 0. The van der Waals surface area contributed by atoms with Gasteiger partial charge in [0.25, 0.3) is 0 Å². The fraction of sp³-hybridized carbons (Fsp3) is 1.00. The van der Waals surface area contributed by atoms with Gasteiger partial charge in [0.05, 0.1) is 0 Å². The van der Waals surface area contributed by atoms with Crippen LogP contribution in [0.1, 0.15) is 40.0 Å². The van der Waals surface area contributed by atoms with Crippen LogP contribution in [-0.2, 0) is 4.74 Å². The summed E-state index contributed by atoms with van der Waals surface area (Å²) in [5, 5.41) is 0. The Kier molecular flexibility index (Phi) is 3.26. The van der Waals surface area contributed by atoms with Crippen LogP contribution < -0.4 is 0 Å². The highest BCUT2D eigenvalue weighted by atomic mass is 32.2. The van der Waals surface area contributed by atoms with E-state index in [1.807, 2.05) is 11.8 Å². The highest BCUT2D eigenvalue weighted by Gasteiger charge is 2.30. The largest absolute Gasteiger partial charge is 0.368 e. The van der Waals surface area contributed by atoms with Gasteiger partial charge >= 0.3 is 0 Å². The van der Waals surface area contributed by atoms with Crippen molar-refractivity contribution in [1.29, 1.82) is 0 Å². The third-order valence-corrected chi connectivity index (χ3v) is 3.66. The maximum Gasteiger partial charge on any atom is 0.100 e. The molecule has 2 heteroatoms. The number of hydrogen-bond acceptors (Lipinski definition) is 2. The predicted molar refractivity (Wildman–Crippen MR) is 50.9 cm³/mol. The first-order valence-corrected chi connectivity index (χ1v) is 5.34. The van der Waals surface area contributed by atoms with Crippen molar-refractivity contribution in [2.75, 3.05) is 6.61 Å². The first kappa shape index (κ1) is 9.40. The smallest absolute Gasteiger partial charge is 0.100 e. The van der Waals surface area contributed by atoms with Gasteiger partial charge in [-0.2, -0.15) is 0 Å². The molecule has 1 fully saturated rings. The lowest BCUT2D eigenvalue weighted by Gasteiger charge is -2.36. The Morgan fingerprint density at radius 3 is 2.91 bits per heavy atom. The van der Waals surface area contributed by atoms with Crippen LogP contribution in [0.4, 0.5) is 0 Å². The molecule has 2 unspecified atom stereocenters. The summed E-state index contributed by atoms with van der Waals surface area (Å²) in [5.74, 6) is 0. The zero-order valence-electron chi connectivity index (χ0n) is 7.72. The second-order valence-corrected chi connectivity index (χ2v) is 5.39. The van der Waals surface area contributed by atoms with Gasteiger partial charge in [0.1, 0.15) is 5.44 Å². The van der Waals surface area contributed by atoms with Crippen LogP contribution in [0.2, 0.25) is 0 Å². The van der Waals surface area contributed by atoms with Crippen LogP contribution in [0.25, 0.3) is 0 Å². The number of thioether (sulfide) groups is 1. The van der Waals surface area contributed by atoms with Crippen molar-refractivity contribution in [3.8, 4) is 0 Å². The van der Waals surface area contributed by atoms with E-state index in [9.17, 15) is 0 Å². The molecule has 1 nitrogen and oxygen atoms in total. The van der Waals surface area contributed by atoms with E-state index in [1.54, 1.807) is 0 Å². The summed E-state index contributed by atoms with van der Waals surface area (Å²) >= 11 is 1.99. The maximum atomic E-state index is 5.48. The molecule has 0 aliphatic carbocycles. The molecule has 1 saturated heterocycles. The summed E-state index contributed by atoms with van der Waals surface area (Å²) in [6, 6.07) is 0. The molecule has 0 aromatic heterocycles. The van der Waals surface area contributed by atoms with Crippen molar-refractivity contribution >= 4 is 11.8 Å². The Labute approximate surface area is 73.9 Å². The van der Waals surface area contributed by atoms with Gasteiger partial charge in [0.15, 0.2) is 0 Å². The van der Waals surface area contributed by atoms with Crippen LogP contribution in [0, 0.1) is 0 Å². The Bertz CT molecular complexity index is 123. The molecule has 0 aromatic carbocycles. The van der Waals surface area contributed by atoms with Crippen LogP contribution in [-0.4, -0.2) is 16.8 Å². The van der Waals surface area contributed by atoms with Gasteiger partial charge in [-0.25, -0.2) is 0 Å². The Morgan fingerprint density at radius 1 is 1.64 bits per heavy atom. The van der Waals surface area contributed by atoms with Crippen molar-refractivity contribution in [1.82, 2.24) is 0 Å². The predicted octanol–water partition coefficient (Wildman–Crippen LogP) is 3.04. The van der Waals surface area contributed by atoms with Crippen LogP contribution in [0.3, 0.4) is 0 Å². The van der Waals surface area contributed by atoms with Crippen molar-refractivity contribution in [2.24, 2.45) is 0 Å². The van der Waals surface area contributed by atoms with E-state index in [-0.39, 0.29) is 0 Å². The van der Waals surface area contributed by atoms with E-state index in [0.29, 0.717) is 10.2 Å². The summed E-state index contributed by atoms with van der Waals surface area (Å²) < 4.78 is 5.98. The fourth-order valence-electron chi connectivity index (χ4n) is 1.65. The Hall–Kier alpha value is 0.310. The van der Waals surface area contributed by atoms with E-state index in [4.69, 9.17) is 4.74 Å². The molecule has 0 radical (unpaired) electrons. The molecule has 0 aromatic rings. The molecule has 1 rings (SSSR count). The van der Waals surface area contributed by atoms with Gasteiger partial charge < -0.3 is 4.74 Å². The number of rotatable bonds is 2. The second kappa shape index (κ2) is 3.81. The normalized spacial score (nSPS) is 39.0. The van der Waals surface area contributed by atoms with E-state index >= 15 is 0 Å². The molecule has 2 atom stereocenters. The highest BCUT2D eigenvalue weighted by Crippen LogP contribution is 2.40. The average molecular weight is 174 g/mol. The second-order valence-electron chi connectivity index (χ2n) is 3.51. The summed E-state index contributed by atoms with van der Waals surface area (Å²) in [6.45, 7) is 7.72.